The summed E-state index contributed by atoms with van der Waals surface area (Å²) in [5, 5.41) is 6.79. The van der Waals surface area contributed by atoms with Gasteiger partial charge in [0.2, 0.25) is 5.95 Å². The van der Waals surface area contributed by atoms with E-state index < -0.39 is 0 Å². The van der Waals surface area contributed by atoms with Crippen molar-refractivity contribution in [2.45, 2.75) is 6.54 Å². The van der Waals surface area contributed by atoms with E-state index in [4.69, 9.17) is 21.1 Å². The molecule has 4 rings (SSSR count). The minimum atomic E-state index is -0.300. The van der Waals surface area contributed by atoms with Gasteiger partial charge in [-0.05, 0) is 36.4 Å². The van der Waals surface area contributed by atoms with Crippen LogP contribution in [0.1, 0.15) is 16.2 Å². The molecule has 0 atom stereocenters. The summed E-state index contributed by atoms with van der Waals surface area (Å²) >= 11 is 5.98. The number of amides is 1. The number of nitrogens with one attached hydrogen (secondary N) is 2. The number of ether oxygens (including phenoxy) is 2. The van der Waals surface area contributed by atoms with Crippen LogP contribution in [0.4, 0.5) is 17.5 Å². The van der Waals surface area contributed by atoms with Crippen LogP contribution in [0.3, 0.4) is 0 Å². The molecular weight excluding hydrogens is 432 g/mol. The van der Waals surface area contributed by atoms with Gasteiger partial charge in [-0.2, -0.15) is 4.98 Å². The molecule has 166 valence electrons. The van der Waals surface area contributed by atoms with Gasteiger partial charge in [0.05, 0.1) is 38.8 Å². The molecule has 1 aromatic carbocycles. The zero-order valence-corrected chi connectivity index (χ0v) is 18.3. The average Bonchev–Trinajstić information content (AvgIpc) is 2.84. The van der Waals surface area contributed by atoms with Crippen LogP contribution < -0.4 is 20.3 Å². The van der Waals surface area contributed by atoms with Crippen LogP contribution in [0, 0.1) is 0 Å². The first kappa shape index (κ1) is 21.8. The number of hydrogen-bond acceptors (Lipinski definition) is 8. The molecule has 9 nitrogen and oxygen atoms in total. The Hall–Kier alpha value is -3.43. The molecule has 0 spiro atoms. The lowest BCUT2D eigenvalue weighted by Gasteiger charge is -2.27. The Labute approximate surface area is 190 Å². The van der Waals surface area contributed by atoms with Crippen molar-refractivity contribution in [3.63, 3.8) is 0 Å². The fourth-order valence-corrected chi connectivity index (χ4v) is 3.25. The highest BCUT2D eigenvalue weighted by atomic mass is 35.5. The molecule has 10 heteroatoms. The van der Waals surface area contributed by atoms with Crippen LogP contribution in [-0.4, -0.2) is 54.3 Å². The van der Waals surface area contributed by atoms with Crippen LogP contribution in [-0.2, 0) is 11.3 Å². The first-order valence-electron chi connectivity index (χ1n) is 10.1. The van der Waals surface area contributed by atoms with Crippen LogP contribution >= 0.6 is 11.6 Å². The molecule has 0 saturated carbocycles. The lowest BCUT2D eigenvalue weighted by atomic mass is 10.3. The third-order valence-electron chi connectivity index (χ3n) is 4.81. The maximum atomic E-state index is 12.5. The lowest BCUT2D eigenvalue weighted by Crippen LogP contribution is -2.37. The average molecular weight is 455 g/mol. The molecule has 32 heavy (non-hydrogen) atoms. The highest BCUT2D eigenvalue weighted by Crippen LogP contribution is 2.21. The van der Waals surface area contributed by atoms with Gasteiger partial charge < -0.3 is 25.0 Å². The molecule has 3 heterocycles. The molecule has 1 saturated heterocycles. The van der Waals surface area contributed by atoms with Gasteiger partial charge in [-0.3, -0.25) is 4.79 Å². The topological polar surface area (TPSA) is 102 Å². The second-order valence-corrected chi connectivity index (χ2v) is 7.48. The number of rotatable bonds is 7. The van der Waals surface area contributed by atoms with Crippen molar-refractivity contribution in [2.24, 2.45) is 0 Å². The van der Waals surface area contributed by atoms with Gasteiger partial charge in [-0.1, -0.05) is 11.6 Å². The highest BCUT2D eigenvalue weighted by Gasteiger charge is 2.17. The van der Waals surface area contributed by atoms with E-state index in [-0.39, 0.29) is 12.5 Å². The molecule has 1 aliphatic heterocycles. The van der Waals surface area contributed by atoms with Crippen LogP contribution in [0.5, 0.6) is 5.75 Å². The predicted molar refractivity (Wildman–Crippen MR) is 122 cm³/mol. The van der Waals surface area contributed by atoms with Gasteiger partial charge in [0.1, 0.15) is 17.3 Å². The number of carbonyl (C=O) groups excluding carboxylic acids is 1. The molecule has 2 aromatic heterocycles. The smallest absolute Gasteiger partial charge is 0.270 e. The first-order chi connectivity index (χ1) is 15.6. The molecule has 3 aromatic rings. The molecule has 1 aliphatic rings. The van der Waals surface area contributed by atoms with Crippen molar-refractivity contribution in [1.29, 1.82) is 0 Å². The van der Waals surface area contributed by atoms with E-state index in [1.165, 1.54) is 6.20 Å². The number of anilines is 3. The molecule has 0 unspecified atom stereocenters. The van der Waals surface area contributed by atoms with Crippen molar-refractivity contribution in [1.82, 2.24) is 20.3 Å². The number of pyridine rings is 1. The fourth-order valence-electron chi connectivity index (χ4n) is 3.12. The fraction of sp³-hybridized carbons (Fsp3) is 0.273. The Bertz CT molecular complexity index is 1060. The molecule has 0 bridgehead atoms. The quantitative estimate of drug-likeness (QED) is 0.561. The van der Waals surface area contributed by atoms with E-state index in [9.17, 15) is 4.79 Å². The SMILES string of the molecule is COc1ccc(C(=O)NCc2cc(Nc3ccc(Cl)cc3)nc(N3CCOCC3)n2)nc1. The summed E-state index contributed by atoms with van der Waals surface area (Å²) < 4.78 is 10.5. The van der Waals surface area contributed by atoms with Gasteiger partial charge in [0.25, 0.3) is 5.91 Å². The van der Waals surface area contributed by atoms with Crippen LogP contribution in [0.15, 0.2) is 48.7 Å². The van der Waals surface area contributed by atoms with Gasteiger partial charge in [-0.25, -0.2) is 9.97 Å². The number of aromatic nitrogens is 3. The van der Waals surface area contributed by atoms with E-state index in [1.54, 1.807) is 37.4 Å². The van der Waals surface area contributed by atoms with Gasteiger partial charge >= 0.3 is 0 Å². The van der Waals surface area contributed by atoms with Crippen molar-refractivity contribution in [3.8, 4) is 5.75 Å². The monoisotopic (exact) mass is 454 g/mol. The maximum Gasteiger partial charge on any atom is 0.270 e. The standard InChI is InChI=1S/C22H23ClN6O3/c1-31-18-6-7-19(24-14-18)21(30)25-13-17-12-20(26-16-4-2-15(23)3-5-16)28-22(27-17)29-8-10-32-11-9-29/h2-7,12,14H,8-11,13H2,1H3,(H,25,30)(H,26,27,28). The summed E-state index contributed by atoms with van der Waals surface area (Å²) in [6.45, 7) is 2.86. The van der Waals surface area contributed by atoms with Crippen molar-refractivity contribution in [2.75, 3.05) is 43.6 Å². The minimum Gasteiger partial charge on any atom is -0.495 e. The number of halogens is 1. The number of hydrogen-bond donors (Lipinski definition) is 2. The number of benzene rings is 1. The Morgan fingerprint density at radius 3 is 2.62 bits per heavy atom. The van der Waals surface area contributed by atoms with E-state index >= 15 is 0 Å². The molecule has 0 aliphatic carbocycles. The molecular formula is C22H23ClN6O3. The lowest BCUT2D eigenvalue weighted by molar-refractivity contribution is 0.0945. The van der Waals surface area contributed by atoms with Gasteiger partial charge in [-0.15, -0.1) is 0 Å². The Morgan fingerprint density at radius 2 is 1.94 bits per heavy atom. The van der Waals surface area contributed by atoms with E-state index in [0.717, 1.165) is 5.69 Å². The predicted octanol–water partition coefficient (Wildman–Crippen LogP) is 3.04. The highest BCUT2D eigenvalue weighted by molar-refractivity contribution is 6.30. The second-order valence-electron chi connectivity index (χ2n) is 7.04. The first-order valence-corrected chi connectivity index (χ1v) is 10.5. The molecule has 1 fully saturated rings. The molecule has 1 amide bonds. The van der Waals surface area contributed by atoms with Crippen molar-refractivity contribution < 1.29 is 14.3 Å². The summed E-state index contributed by atoms with van der Waals surface area (Å²) in [6.07, 6.45) is 1.50. The number of nitrogens with zero attached hydrogens (tertiary/aromatic N) is 4. The third kappa shape index (κ3) is 5.63. The summed E-state index contributed by atoms with van der Waals surface area (Å²) in [4.78, 5) is 28.0. The number of morpholine rings is 1. The van der Waals surface area contributed by atoms with Crippen LogP contribution in [0.2, 0.25) is 5.02 Å². The van der Waals surface area contributed by atoms with Crippen LogP contribution in [0.25, 0.3) is 0 Å². The van der Waals surface area contributed by atoms with E-state index in [2.05, 4.69) is 30.5 Å². The zero-order valence-electron chi connectivity index (χ0n) is 17.5. The van der Waals surface area contributed by atoms with E-state index in [0.29, 0.717) is 60.2 Å². The van der Waals surface area contributed by atoms with Crippen molar-refractivity contribution in [3.05, 3.63) is 65.1 Å². The maximum absolute atomic E-state index is 12.5. The van der Waals surface area contributed by atoms with Gasteiger partial charge in [0, 0.05) is 29.9 Å². The summed E-state index contributed by atoms with van der Waals surface area (Å²) in [6, 6.07) is 12.5. The Balaban J connectivity index is 1.52. The minimum absolute atomic E-state index is 0.224. The van der Waals surface area contributed by atoms with Gasteiger partial charge in [0.15, 0.2) is 0 Å². The number of carbonyl (C=O) groups is 1. The summed E-state index contributed by atoms with van der Waals surface area (Å²) in [5.41, 5.74) is 1.81. The largest absolute Gasteiger partial charge is 0.495 e. The Morgan fingerprint density at radius 1 is 1.16 bits per heavy atom. The zero-order chi connectivity index (χ0) is 22.3. The van der Waals surface area contributed by atoms with Crippen molar-refractivity contribution >= 4 is 35.0 Å². The van der Waals surface area contributed by atoms with E-state index in [1.807, 2.05) is 12.1 Å². The Kier molecular flexibility index (Phi) is 6.98. The molecule has 2 N–H and O–H groups in total. The third-order valence-corrected chi connectivity index (χ3v) is 5.06. The molecule has 0 radical (unpaired) electrons. The second kappa shape index (κ2) is 10.3. The number of methoxy groups -OCH3 is 1. The summed E-state index contributed by atoms with van der Waals surface area (Å²) in [5.74, 6) is 1.49. The summed E-state index contributed by atoms with van der Waals surface area (Å²) in [7, 11) is 1.55. The normalized spacial score (nSPS) is 13.5.